The normalized spacial score (nSPS) is 11.5. The molecule has 2 N–H and O–H groups in total. The van der Waals surface area contributed by atoms with E-state index in [1.807, 2.05) is 0 Å². The lowest BCUT2D eigenvalue weighted by atomic mass is 10.2. The van der Waals surface area contributed by atoms with E-state index >= 15 is 0 Å². The predicted octanol–water partition coefficient (Wildman–Crippen LogP) is 1.37. The Hall–Kier alpha value is -2.01. The maximum atomic E-state index is 11.8. The second-order valence-electron chi connectivity index (χ2n) is 4.02. The van der Waals surface area contributed by atoms with E-state index in [1.165, 1.54) is 7.11 Å². The minimum atomic E-state index is -0.582. The molecule has 0 aliphatic heterocycles. The van der Waals surface area contributed by atoms with Gasteiger partial charge in [0.15, 0.2) is 11.5 Å². The highest BCUT2D eigenvalue weighted by Crippen LogP contribution is 2.28. The number of carbonyl (C=O) groups is 1. The fraction of sp³-hybridized carbons (Fsp3) is 0.357. The number of amides is 1. The van der Waals surface area contributed by atoms with Crippen molar-refractivity contribution in [3.05, 3.63) is 36.4 Å². The van der Waals surface area contributed by atoms with Crippen LogP contribution in [0, 0.1) is 0 Å². The Bertz CT molecular complexity index is 443. The van der Waals surface area contributed by atoms with Gasteiger partial charge >= 0.3 is 0 Å². The summed E-state index contributed by atoms with van der Waals surface area (Å²) in [7, 11) is 1.51. The van der Waals surface area contributed by atoms with E-state index in [4.69, 9.17) is 14.6 Å². The smallest absolute Gasteiger partial charge is 0.251 e. The Kier molecular flexibility index (Phi) is 5.89. The summed E-state index contributed by atoms with van der Waals surface area (Å²) in [6.45, 7) is 5.74. The molecule has 1 aromatic rings. The van der Waals surface area contributed by atoms with Crippen molar-refractivity contribution in [3.63, 3.8) is 0 Å². The van der Waals surface area contributed by atoms with Gasteiger partial charge in [0.05, 0.1) is 13.2 Å². The molecule has 1 amide bonds. The van der Waals surface area contributed by atoms with Crippen molar-refractivity contribution in [2.45, 2.75) is 13.0 Å². The first-order valence-corrected chi connectivity index (χ1v) is 5.96. The number of rotatable bonds is 7. The highest BCUT2D eigenvalue weighted by atomic mass is 16.5. The number of methoxy groups -OCH3 is 1. The van der Waals surface area contributed by atoms with Gasteiger partial charge in [-0.3, -0.25) is 4.79 Å². The summed E-state index contributed by atoms with van der Waals surface area (Å²) in [6, 6.07) is 4.90. The number of nitrogens with one attached hydrogen (secondary N) is 1. The number of hydrogen-bond donors (Lipinski definition) is 2. The maximum Gasteiger partial charge on any atom is 0.251 e. The van der Waals surface area contributed by atoms with Crippen molar-refractivity contribution in [2.75, 3.05) is 20.3 Å². The van der Waals surface area contributed by atoms with Crippen molar-refractivity contribution >= 4 is 5.91 Å². The minimum Gasteiger partial charge on any atom is -0.493 e. The molecular formula is C14H19NO4. The molecule has 0 saturated carbocycles. The Morgan fingerprint density at radius 3 is 2.84 bits per heavy atom. The largest absolute Gasteiger partial charge is 0.493 e. The topological polar surface area (TPSA) is 67.8 Å². The molecule has 0 bridgehead atoms. The van der Waals surface area contributed by atoms with Crippen LogP contribution in [0.25, 0.3) is 0 Å². The molecule has 1 rings (SSSR count). The molecule has 5 nitrogen and oxygen atoms in total. The maximum absolute atomic E-state index is 11.8. The van der Waals surface area contributed by atoms with E-state index in [0.717, 1.165) is 0 Å². The second kappa shape index (κ2) is 7.43. The van der Waals surface area contributed by atoms with Crippen molar-refractivity contribution in [1.29, 1.82) is 0 Å². The van der Waals surface area contributed by atoms with Gasteiger partial charge in [-0.2, -0.15) is 0 Å². The third-order valence-electron chi connectivity index (χ3n) is 2.34. The lowest BCUT2D eigenvalue weighted by Crippen LogP contribution is -2.30. The van der Waals surface area contributed by atoms with Gasteiger partial charge in [0.1, 0.15) is 6.61 Å². The van der Waals surface area contributed by atoms with Crippen LogP contribution in [0.4, 0.5) is 0 Å². The van der Waals surface area contributed by atoms with Crippen LogP contribution in [0.1, 0.15) is 17.3 Å². The number of aliphatic hydroxyl groups excluding tert-OH is 1. The van der Waals surface area contributed by atoms with Crippen molar-refractivity contribution in [2.24, 2.45) is 0 Å². The molecule has 0 spiro atoms. The number of aliphatic hydroxyl groups is 1. The first-order chi connectivity index (χ1) is 9.08. The van der Waals surface area contributed by atoms with Gasteiger partial charge in [-0.1, -0.05) is 12.7 Å². The Morgan fingerprint density at radius 1 is 1.53 bits per heavy atom. The molecule has 1 aromatic carbocycles. The molecule has 19 heavy (non-hydrogen) atoms. The Labute approximate surface area is 112 Å². The van der Waals surface area contributed by atoms with E-state index in [0.29, 0.717) is 23.7 Å². The van der Waals surface area contributed by atoms with Crippen molar-refractivity contribution < 1.29 is 19.4 Å². The standard InChI is InChI=1S/C14H19NO4/c1-4-7-19-12-6-5-11(8-13(12)18-3)14(17)15-9-10(2)16/h4-6,8,10,16H,1,7,9H2,2-3H3,(H,15,17). The van der Waals surface area contributed by atoms with Gasteiger partial charge in [0.2, 0.25) is 0 Å². The number of benzene rings is 1. The van der Waals surface area contributed by atoms with E-state index in [9.17, 15) is 4.79 Å². The minimum absolute atomic E-state index is 0.204. The third kappa shape index (κ3) is 4.63. The molecule has 1 atom stereocenters. The van der Waals surface area contributed by atoms with Gasteiger partial charge in [-0.25, -0.2) is 0 Å². The molecule has 0 fully saturated rings. The van der Waals surface area contributed by atoms with Crippen LogP contribution in [-0.2, 0) is 0 Å². The molecule has 0 aromatic heterocycles. The van der Waals surface area contributed by atoms with Crippen LogP contribution >= 0.6 is 0 Å². The molecule has 0 heterocycles. The first-order valence-electron chi connectivity index (χ1n) is 5.96. The fourth-order valence-corrected chi connectivity index (χ4v) is 1.42. The second-order valence-corrected chi connectivity index (χ2v) is 4.02. The van der Waals surface area contributed by atoms with Crippen LogP contribution in [0.5, 0.6) is 11.5 Å². The highest BCUT2D eigenvalue weighted by molar-refractivity contribution is 5.94. The van der Waals surface area contributed by atoms with Crippen LogP contribution in [-0.4, -0.2) is 37.4 Å². The molecule has 0 aliphatic carbocycles. The number of hydrogen-bond acceptors (Lipinski definition) is 4. The summed E-state index contributed by atoms with van der Waals surface area (Å²) in [5, 5.41) is 11.7. The van der Waals surface area contributed by atoms with E-state index in [-0.39, 0.29) is 12.5 Å². The number of ether oxygens (including phenoxy) is 2. The van der Waals surface area contributed by atoms with Gasteiger partial charge in [-0.05, 0) is 25.1 Å². The molecular weight excluding hydrogens is 246 g/mol. The lowest BCUT2D eigenvalue weighted by molar-refractivity contribution is 0.0923. The van der Waals surface area contributed by atoms with Crippen LogP contribution in [0.2, 0.25) is 0 Å². The van der Waals surface area contributed by atoms with Gasteiger partial charge < -0.3 is 19.9 Å². The zero-order valence-corrected chi connectivity index (χ0v) is 11.2. The van der Waals surface area contributed by atoms with Gasteiger partial charge in [0, 0.05) is 12.1 Å². The molecule has 5 heteroatoms. The van der Waals surface area contributed by atoms with E-state index in [1.54, 1.807) is 31.2 Å². The quantitative estimate of drug-likeness (QED) is 0.731. The van der Waals surface area contributed by atoms with Gasteiger partial charge in [-0.15, -0.1) is 0 Å². The summed E-state index contributed by atoms with van der Waals surface area (Å²) >= 11 is 0. The predicted molar refractivity (Wildman–Crippen MR) is 72.7 cm³/mol. The lowest BCUT2D eigenvalue weighted by Gasteiger charge is -2.11. The summed E-state index contributed by atoms with van der Waals surface area (Å²) in [6.07, 6.45) is 1.05. The summed E-state index contributed by atoms with van der Waals surface area (Å²) in [5.74, 6) is 0.760. The monoisotopic (exact) mass is 265 g/mol. The SMILES string of the molecule is C=CCOc1ccc(C(=O)NCC(C)O)cc1OC. The van der Waals surface area contributed by atoms with Crippen molar-refractivity contribution in [1.82, 2.24) is 5.32 Å². The third-order valence-corrected chi connectivity index (χ3v) is 2.34. The molecule has 1 unspecified atom stereocenters. The van der Waals surface area contributed by atoms with Crippen LogP contribution in [0.15, 0.2) is 30.9 Å². The van der Waals surface area contributed by atoms with Crippen LogP contribution in [0.3, 0.4) is 0 Å². The summed E-state index contributed by atoms with van der Waals surface area (Å²) in [4.78, 5) is 11.8. The summed E-state index contributed by atoms with van der Waals surface area (Å²) < 4.78 is 10.6. The van der Waals surface area contributed by atoms with E-state index in [2.05, 4.69) is 11.9 Å². The Balaban J connectivity index is 2.80. The zero-order valence-electron chi connectivity index (χ0n) is 11.2. The first kappa shape index (κ1) is 15.0. The highest BCUT2D eigenvalue weighted by Gasteiger charge is 2.11. The van der Waals surface area contributed by atoms with Crippen LogP contribution < -0.4 is 14.8 Å². The van der Waals surface area contributed by atoms with Crippen molar-refractivity contribution in [3.8, 4) is 11.5 Å². The zero-order chi connectivity index (χ0) is 14.3. The Morgan fingerprint density at radius 2 is 2.26 bits per heavy atom. The molecule has 0 aliphatic rings. The van der Waals surface area contributed by atoms with E-state index < -0.39 is 6.10 Å². The molecule has 0 radical (unpaired) electrons. The average Bonchev–Trinajstić information content (AvgIpc) is 2.42. The fourth-order valence-electron chi connectivity index (χ4n) is 1.42. The van der Waals surface area contributed by atoms with Gasteiger partial charge in [0.25, 0.3) is 5.91 Å². The molecule has 104 valence electrons. The number of carbonyl (C=O) groups excluding carboxylic acids is 1. The average molecular weight is 265 g/mol. The summed E-state index contributed by atoms with van der Waals surface area (Å²) in [5.41, 5.74) is 0.448. The molecule has 0 saturated heterocycles.